The average molecular weight is 505 g/mol. The molecule has 2 heterocycles. The second kappa shape index (κ2) is 9.40. The van der Waals surface area contributed by atoms with Gasteiger partial charge in [0.2, 0.25) is 0 Å². The first-order valence-corrected chi connectivity index (χ1v) is 11.6. The minimum absolute atomic E-state index is 0.00508. The molecule has 1 atom stereocenters. The van der Waals surface area contributed by atoms with E-state index in [1.54, 1.807) is 30.3 Å². The predicted octanol–water partition coefficient (Wildman–Crippen LogP) is 4.45. The highest BCUT2D eigenvalue weighted by molar-refractivity contribution is 7.80. The lowest BCUT2D eigenvalue weighted by atomic mass is 9.82. The molecule has 0 N–H and O–H groups in total. The fourth-order valence-corrected chi connectivity index (χ4v) is 4.42. The van der Waals surface area contributed by atoms with Crippen molar-refractivity contribution in [1.29, 1.82) is 0 Å². The third-order valence-corrected chi connectivity index (χ3v) is 6.31. The first-order valence-electron chi connectivity index (χ1n) is 10.7. The number of thiol groups is 1. The molecule has 0 amide bonds. The van der Waals surface area contributed by atoms with Crippen LogP contribution >= 0.6 is 24.2 Å². The van der Waals surface area contributed by atoms with Crippen molar-refractivity contribution in [2.45, 2.75) is 24.6 Å². The summed E-state index contributed by atoms with van der Waals surface area (Å²) in [6, 6.07) is 9.73. The normalized spacial score (nSPS) is 20.7. The lowest BCUT2D eigenvalue weighted by molar-refractivity contribution is -0.155. The Morgan fingerprint density at radius 2 is 1.91 bits per heavy atom. The van der Waals surface area contributed by atoms with Gasteiger partial charge >= 0.3 is 5.97 Å². The molecular formula is C24H21ClO8S. The lowest BCUT2D eigenvalue weighted by Gasteiger charge is -2.32. The molecule has 1 fully saturated rings. The van der Waals surface area contributed by atoms with Gasteiger partial charge in [-0.05, 0) is 31.0 Å². The van der Waals surface area contributed by atoms with E-state index in [-0.39, 0.29) is 41.4 Å². The molecular weight excluding hydrogens is 484 g/mol. The van der Waals surface area contributed by atoms with Gasteiger partial charge in [-0.3, -0.25) is 9.59 Å². The van der Waals surface area contributed by atoms with E-state index in [1.165, 1.54) is 13.2 Å². The first-order chi connectivity index (χ1) is 16.4. The van der Waals surface area contributed by atoms with Crippen molar-refractivity contribution >= 4 is 41.2 Å². The average Bonchev–Trinajstić information content (AvgIpc) is 3.16. The van der Waals surface area contributed by atoms with Crippen LogP contribution in [-0.4, -0.2) is 38.0 Å². The third kappa shape index (κ3) is 4.43. The molecule has 10 heteroatoms. The zero-order chi connectivity index (χ0) is 23.8. The van der Waals surface area contributed by atoms with E-state index < -0.39 is 5.62 Å². The molecule has 2 aromatic carbocycles. The summed E-state index contributed by atoms with van der Waals surface area (Å²) in [6.45, 7) is 0.546. The Bertz CT molecular complexity index is 1300. The second-order valence-electron chi connectivity index (χ2n) is 7.96. The van der Waals surface area contributed by atoms with E-state index in [1.807, 2.05) is 0 Å². The third-order valence-electron chi connectivity index (χ3n) is 5.80. The molecule has 1 aliphatic heterocycles. The van der Waals surface area contributed by atoms with E-state index in [2.05, 4.69) is 12.6 Å². The number of carbonyl (C=O) groups excluding carboxylic acids is 1. The van der Waals surface area contributed by atoms with Gasteiger partial charge in [-0.15, -0.1) is 0 Å². The zero-order valence-corrected chi connectivity index (χ0v) is 19.8. The van der Waals surface area contributed by atoms with E-state index >= 15 is 0 Å². The molecule has 5 rings (SSSR count). The highest BCUT2D eigenvalue weighted by Crippen LogP contribution is 2.45. The van der Waals surface area contributed by atoms with Crippen LogP contribution in [0.1, 0.15) is 12.8 Å². The SMILES string of the molecule is COC(=O)C1CC(OCCOc2cc3c(cc2-c2cc(=O)c4cccc(Cl)c4o2)OC(S)O3)C1. The molecule has 3 aromatic rings. The number of fused-ring (bicyclic) bond motifs is 2. The number of carbonyl (C=O) groups is 1. The molecule has 1 unspecified atom stereocenters. The number of methoxy groups -OCH3 is 1. The maximum Gasteiger partial charge on any atom is 0.308 e. The van der Waals surface area contributed by atoms with Crippen LogP contribution in [0.4, 0.5) is 0 Å². The van der Waals surface area contributed by atoms with Crippen molar-refractivity contribution in [2.75, 3.05) is 20.3 Å². The number of ether oxygens (including phenoxy) is 5. The van der Waals surface area contributed by atoms with Crippen LogP contribution in [-0.2, 0) is 14.3 Å². The van der Waals surface area contributed by atoms with Gasteiger partial charge in [0.1, 0.15) is 18.1 Å². The lowest BCUT2D eigenvalue weighted by Crippen LogP contribution is -2.37. The van der Waals surface area contributed by atoms with Gasteiger partial charge in [0, 0.05) is 12.1 Å². The Labute approximate surface area is 205 Å². The molecule has 0 radical (unpaired) electrons. The quantitative estimate of drug-likeness (QED) is 0.287. The van der Waals surface area contributed by atoms with Crippen LogP contribution in [0.3, 0.4) is 0 Å². The van der Waals surface area contributed by atoms with E-state index in [0.717, 1.165) is 0 Å². The first kappa shape index (κ1) is 22.9. The highest BCUT2D eigenvalue weighted by atomic mass is 35.5. The minimum atomic E-state index is -0.749. The van der Waals surface area contributed by atoms with Crippen LogP contribution < -0.4 is 19.6 Å². The standard InChI is InChI=1S/C24H21ClO8S/c1-28-23(27)12-7-13(8-12)29-5-6-30-18-11-21-20(32-24(34)33-21)9-15(18)19-10-17(26)14-3-2-4-16(25)22(14)31-19/h2-4,9-13,24,34H,5-8H2,1H3. The zero-order valence-electron chi connectivity index (χ0n) is 18.1. The molecule has 0 bridgehead atoms. The summed E-state index contributed by atoms with van der Waals surface area (Å²) in [4.78, 5) is 24.2. The van der Waals surface area contributed by atoms with Gasteiger partial charge in [-0.2, -0.15) is 0 Å². The molecule has 0 saturated heterocycles. The molecule has 178 valence electrons. The maximum absolute atomic E-state index is 12.7. The Morgan fingerprint density at radius 3 is 2.68 bits per heavy atom. The Morgan fingerprint density at radius 1 is 1.15 bits per heavy atom. The number of halogens is 1. The van der Waals surface area contributed by atoms with Crippen LogP contribution in [0.5, 0.6) is 17.2 Å². The molecule has 8 nitrogen and oxygen atoms in total. The Kier molecular flexibility index (Phi) is 6.33. The highest BCUT2D eigenvalue weighted by Gasteiger charge is 2.36. The van der Waals surface area contributed by atoms with Gasteiger partial charge in [0.25, 0.3) is 5.62 Å². The number of para-hydroxylation sites is 1. The minimum Gasteiger partial charge on any atom is -0.490 e. The number of esters is 1. The monoisotopic (exact) mass is 504 g/mol. The summed E-state index contributed by atoms with van der Waals surface area (Å²) < 4.78 is 33.6. The van der Waals surface area contributed by atoms with Crippen LogP contribution in [0.25, 0.3) is 22.3 Å². The molecule has 1 aromatic heterocycles. The Balaban J connectivity index is 1.36. The maximum atomic E-state index is 12.7. The summed E-state index contributed by atoms with van der Waals surface area (Å²) in [5.74, 6) is 1.29. The van der Waals surface area contributed by atoms with Gasteiger partial charge in [0.05, 0.1) is 41.7 Å². The van der Waals surface area contributed by atoms with Crippen molar-refractivity contribution in [2.24, 2.45) is 5.92 Å². The van der Waals surface area contributed by atoms with E-state index in [0.29, 0.717) is 52.7 Å². The van der Waals surface area contributed by atoms with Gasteiger partial charge < -0.3 is 28.1 Å². The van der Waals surface area contributed by atoms with E-state index in [4.69, 9.17) is 39.7 Å². The fourth-order valence-electron chi connectivity index (χ4n) is 3.98. The van der Waals surface area contributed by atoms with E-state index in [9.17, 15) is 9.59 Å². The fraction of sp³-hybridized carbons (Fsp3) is 0.333. The number of rotatable bonds is 7. The van der Waals surface area contributed by atoms with Crippen LogP contribution in [0.2, 0.25) is 5.02 Å². The van der Waals surface area contributed by atoms with Crippen molar-refractivity contribution in [3.8, 4) is 28.6 Å². The summed E-state index contributed by atoms with van der Waals surface area (Å²) in [5.41, 5.74) is -0.197. The number of hydrogen-bond acceptors (Lipinski definition) is 9. The predicted molar refractivity (Wildman–Crippen MR) is 127 cm³/mol. The second-order valence-corrected chi connectivity index (χ2v) is 8.79. The molecule has 2 aliphatic rings. The van der Waals surface area contributed by atoms with Crippen LogP contribution in [0, 0.1) is 5.92 Å². The van der Waals surface area contributed by atoms with Crippen molar-refractivity contribution in [1.82, 2.24) is 0 Å². The number of benzene rings is 2. The summed E-state index contributed by atoms with van der Waals surface area (Å²) >= 11 is 10.5. The molecule has 1 saturated carbocycles. The summed E-state index contributed by atoms with van der Waals surface area (Å²) in [5, 5.41) is 0.711. The molecule has 1 aliphatic carbocycles. The van der Waals surface area contributed by atoms with Crippen molar-refractivity contribution in [3.05, 3.63) is 51.6 Å². The number of hydrogen-bond donors (Lipinski definition) is 1. The summed E-state index contributed by atoms with van der Waals surface area (Å²) in [7, 11) is 1.38. The largest absolute Gasteiger partial charge is 0.490 e. The molecule has 34 heavy (non-hydrogen) atoms. The van der Waals surface area contributed by atoms with Crippen LogP contribution in [0.15, 0.2) is 45.6 Å². The van der Waals surface area contributed by atoms with Gasteiger partial charge in [0.15, 0.2) is 22.5 Å². The van der Waals surface area contributed by atoms with Crippen molar-refractivity contribution < 1.29 is 32.9 Å². The Hall–Kier alpha value is -2.88. The summed E-state index contributed by atoms with van der Waals surface area (Å²) in [6.07, 6.45) is 1.26. The molecule has 0 spiro atoms. The van der Waals surface area contributed by atoms with Gasteiger partial charge in [-0.25, -0.2) is 0 Å². The smallest absolute Gasteiger partial charge is 0.308 e. The van der Waals surface area contributed by atoms with Gasteiger partial charge in [-0.1, -0.05) is 30.3 Å². The topological polar surface area (TPSA) is 93.4 Å². The van der Waals surface area contributed by atoms with Crippen molar-refractivity contribution in [3.63, 3.8) is 0 Å².